The van der Waals surface area contributed by atoms with Crippen molar-refractivity contribution in [3.05, 3.63) is 54.1 Å². The van der Waals surface area contributed by atoms with E-state index in [0.717, 1.165) is 24.2 Å². The summed E-state index contributed by atoms with van der Waals surface area (Å²) in [6.07, 6.45) is 1.97. The molecular weight excluding hydrogens is 404 g/mol. The Morgan fingerprint density at radius 3 is 2.03 bits per heavy atom. The van der Waals surface area contributed by atoms with Crippen LogP contribution in [0.4, 0.5) is 0 Å². The lowest BCUT2D eigenvalue weighted by Gasteiger charge is -2.18. The van der Waals surface area contributed by atoms with E-state index in [9.17, 15) is 13.2 Å². The van der Waals surface area contributed by atoms with E-state index >= 15 is 0 Å². The van der Waals surface area contributed by atoms with E-state index in [1.54, 1.807) is 19.2 Å². The van der Waals surface area contributed by atoms with Gasteiger partial charge in [0.2, 0.25) is 15.9 Å². The zero-order valence-electron chi connectivity index (χ0n) is 17.1. The number of rotatable bonds is 7. The number of sulfonamides is 1. The van der Waals surface area contributed by atoms with Crippen molar-refractivity contribution in [3.8, 4) is 11.5 Å². The van der Waals surface area contributed by atoms with Crippen LogP contribution < -0.4 is 14.8 Å². The third kappa shape index (κ3) is 4.15. The van der Waals surface area contributed by atoms with Gasteiger partial charge in [-0.1, -0.05) is 12.1 Å². The van der Waals surface area contributed by atoms with Crippen LogP contribution in [0.15, 0.2) is 53.4 Å². The lowest BCUT2D eigenvalue weighted by molar-refractivity contribution is -0.125. The first-order valence-corrected chi connectivity index (χ1v) is 11.4. The molecule has 2 aromatic carbocycles. The maximum atomic E-state index is 13.2. The number of nitrogens with zero attached hydrogens (tertiary/aromatic N) is 1. The fourth-order valence-electron chi connectivity index (χ4n) is 3.85. The summed E-state index contributed by atoms with van der Waals surface area (Å²) in [7, 11) is -0.593. The van der Waals surface area contributed by atoms with Gasteiger partial charge in [-0.3, -0.25) is 4.79 Å². The summed E-state index contributed by atoms with van der Waals surface area (Å²) in [5, 5.41) is 3.04. The summed E-state index contributed by atoms with van der Waals surface area (Å²) in [6.45, 7) is 0.410. The van der Waals surface area contributed by atoms with E-state index in [4.69, 9.17) is 9.47 Å². The Labute approximate surface area is 177 Å². The molecule has 4 rings (SSSR count). The van der Waals surface area contributed by atoms with Crippen LogP contribution in [0, 0.1) is 5.92 Å². The first-order valence-electron chi connectivity index (χ1n) is 10.0. The van der Waals surface area contributed by atoms with Crippen LogP contribution in [-0.2, 0) is 14.8 Å². The molecule has 2 unspecified atom stereocenters. The Balaban J connectivity index is 1.61. The van der Waals surface area contributed by atoms with Crippen molar-refractivity contribution < 1.29 is 22.7 Å². The van der Waals surface area contributed by atoms with Gasteiger partial charge in [-0.05, 0) is 54.8 Å². The van der Waals surface area contributed by atoms with Crippen molar-refractivity contribution in [2.75, 3.05) is 27.3 Å². The standard InChI is InChI=1S/C22H26N2O5S/c1-28-17-7-3-15(4-8-17)20-13-24(14-21(20)22(25)23-16-5-6-16)30(26,27)19-11-9-18(29-2)10-12-19/h3-4,7-12,16,20-21H,5-6,13-14H2,1-2H3,(H,23,25). The predicted octanol–water partition coefficient (Wildman–Crippen LogP) is 2.39. The van der Waals surface area contributed by atoms with Crippen molar-refractivity contribution in [3.63, 3.8) is 0 Å². The highest BCUT2D eigenvalue weighted by molar-refractivity contribution is 7.89. The zero-order valence-corrected chi connectivity index (χ0v) is 17.9. The molecule has 0 aromatic heterocycles. The Bertz CT molecular complexity index is 1000. The van der Waals surface area contributed by atoms with Gasteiger partial charge in [0.05, 0.1) is 25.0 Å². The second-order valence-corrected chi connectivity index (χ2v) is 9.70. The number of hydrogen-bond acceptors (Lipinski definition) is 5. The first kappa shape index (κ1) is 20.7. The van der Waals surface area contributed by atoms with Gasteiger partial charge >= 0.3 is 0 Å². The van der Waals surface area contributed by atoms with Crippen LogP contribution in [0.1, 0.15) is 24.3 Å². The summed E-state index contributed by atoms with van der Waals surface area (Å²) >= 11 is 0. The van der Waals surface area contributed by atoms with Crippen molar-refractivity contribution in [2.24, 2.45) is 5.92 Å². The molecule has 1 heterocycles. The van der Waals surface area contributed by atoms with E-state index in [-0.39, 0.29) is 35.9 Å². The minimum Gasteiger partial charge on any atom is -0.497 e. The number of carbonyl (C=O) groups excluding carboxylic acids is 1. The second-order valence-electron chi connectivity index (χ2n) is 7.77. The van der Waals surface area contributed by atoms with Crippen LogP contribution in [0.5, 0.6) is 11.5 Å². The van der Waals surface area contributed by atoms with E-state index in [1.807, 2.05) is 24.3 Å². The van der Waals surface area contributed by atoms with Gasteiger partial charge in [0.15, 0.2) is 0 Å². The van der Waals surface area contributed by atoms with Gasteiger partial charge in [-0.25, -0.2) is 8.42 Å². The number of carbonyl (C=O) groups is 1. The lowest BCUT2D eigenvalue weighted by Crippen LogP contribution is -2.36. The molecule has 2 aliphatic rings. The molecule has 8 heteroatoms. The molecule has 1 N–H and O–H groups in total. The molecule has 160 valence electrons. The number of nitrogens with one attached hydrogen (secondary N) is 1. The summed E-state index contributed by atoms with van der Waals surface area (Å²) in [6, 6.07) is 14.0. The third-order valence-electron chi connectivity index (χ3n) is 5.79. The summed E-state index contributed by atoms with van der Waals surface area (Å²) < 4.78 is 38.3. The Morgan fingerprint density at radius 1 is 0.933 bits per heavy atom. The molecule has 0 bridgehead atoms. The van der Waals surface area contributed by atoms with Crippen molar-refractivity contribution in [1.82, 2.24) is 9.62 Å². The minimum atomic E-state index is -3.72. The third-order valence-corrected chi connectivity index (χ3v) is 7.63. The SMILES string of the molecule is COc1ccc(C2CN(S(=O)(=O)c3ccc(OC)cc3)CC2C(=O)NC2CC2)cc1. The van der Waals surface area contributed by atoms with Crippen LogP contribution in [0.25, 0.3) is 0 Å². The normalized spacial score (nSPS) is 21.9. The molecule has 1 amide bonds. The molecule has 2 fully saturated rings. The molecule has 1 aliphatic heterocycles. The molecule has 1 saturated heterocycles. The zero-order chi connectivity index (χ0) is 21.3. The molecule has 30 heavy (non-hydrogen) atoms. The number of methoxy groups -OCH3 is 2. The number of hydrogen-bond donors (Lipinski definition) is 1. The number of ether oxygens (including phenoxy) is 2. The minimum absolute atomic E-state index is 0.0780. The van der Waals surface area contributed by atoms with Crippen LogP contribution in [0.3, 0.4) is 0 Å². The fourth-order valence-corrected chi connectivity index (χ4v) is 5.34. The second kappa shape index (κ2) is 8.28. The quantitative estimate of drug-likeness (QED) is 0.729. The molecule has 2 aromatic rings. The summed E-state index contributed by atoms with van der Waals surface area (Å²) in [5.41, 5.74) is 0.930. The van der Waals surface area contributed by atoms with Crippen LogP contribution in [-0.4, -0.2) is 52.0 Å². The maximum Gasteiger partial charge on any atom is 0.243 e. The van der Waals surface area contributed by atoms with Gasteiger partial charge in [-0.2, -0.15) is 4.31 Å². The van der Waals surface area contributed by atoms with Crippen molar-refractivity contribution >= 4 is 15.9 Å². The Hall–Kier alpha value is -2.58. The molecule has 1 saturated carbocycles. The molecule has 0 spiro atoms. The predicted molar refractivity (Wildman–Crippen MR) is 112 cm³/mol. The van der Waals surface area contributed by atoms with E-state index in [2.05, 4.69) is 5.32 Å². The topological polar surface area (TPSA) is 84.9 Å². The van der Waals surface area contributed by atoms with Gasteiger partial charge in [0, 0.05) is 25.0 Å². The Morgan fingerprint density at radius 2 is 1.50 bits per heavy atom. The monoisotopic (exact) mass is 430 g/mol. The van der Waals surface area contributed by atoms with Crippen molar-refractivity contribution in [1.29, 1.82) is 0 Å². The smallest absolute Gasteiger partial charge is 0.243 e. The average molecular weight is 431 g/mol. The number of amides is 1. The molecule has 0 radical (unpaired) electrons. The molecule has 2 atom stereocenters. The van der Waals surface area contributed by atoms with Crippen molar-refractivity contribution in [2.45, 2.75) is 29.7 Å². The van der Waals surface area contributed by atoms with E-state index < -0.39 is 15.9 Å². The maximum absolute atomic E-state index is 13.2. The number of benzene rings is 2. The highest BCUT2D eigenvalue weighted by atomic mass is 32.2. The molecule has 7 nitrogen and oxygen atoms in total. The molecular formula is C22H26N2O5S. The summed E-state index contributed by atoms with van der Waals surface area (Å²) in [4.78, 5) is 13.1. The highest BCUT2D eigenvalue weighted by Gasteiger charge is 2.44. The largest absolute Gasteiger partial charge is 0.497 e. The van der Waals surface area contributed by atoms with E-state index in [1.165, 1.54) is 23.5 Å². The summed E-state index contributed by atoms with van der Waals surface area (Å²) in [5.74, 6) is 0.576. The first-order chi connectivity index (χ1) is 14.4. The van der Waals surface area contributed by atoms with Crippen LogP contribution in [0.2, 0.25) is 0 Å². The highest BCUT2D eigenvalue weighted by Crippen LogP contribution is 2.37. The van der Waals surface area contributed by atoms with Gasteiger partial charge in [0.25, 0.3) is 0 Å². The van der Waals surface area contributed by atoms with E-state index in [0.29, 0.717) is 5.75 Å². The lowest BCUT2D eigenvalue weighted by atomic mass is 9.88. The average Bonchev–Trinajstić information content (AvgIpc) is 3.46. The van der Waals surface area contributed by atoms with Gasteiger partial charge in [-0.15, -0.1) is 0 Å². The fraction of sp³-hybridized carbons (Fsp3) is 0.409. The molecule has 1 aliphatic carbocycles. The van der Waals surface area contributed by atoms with Crippen LogP contribution >= 0.6 is 0 Å². The van der Waals surface area contributed by atoms with Gasteiger partial charge < -0.3 is 14.8 Å². The van der Waals surface area contributed by atoms with Gasteiger partial charge in [0.1, 0.15) is 11.5 Å². The Kier molecular flexibility index (Phi) is 5.71.